The van der Waals surface area contributed by atoms with Crippen molar-refractivity contribution in [3.05, 3.63) is 60.2 Å². The van der Waals surface area contributed by atoms with Crippen molar-refractivity contribution in [2.75, 3.05) is 0 Å². The highest BCUT2D eigenvalue weighted by Crippen LogP contribution is 1.96. The van der Waals surface area contributed by atoms with Crippen LogP contribution in [0.15, 0.2) is 54.6 Å². The fraction of sp³-hybridized carbons (Fsp3) is 0. The first kappa shape index (κ1) is 13.5. The summed E-state index contributed by atoms with van der Waals surface area (Å²) >= 11 is 0. The Morgan fingerprint density at radius 2 is 1.33 bits per heavy atom. The average Bonchev–Trinajstić information content (AvgIpc) is 2.43. The third-order valence-electron chi connectivity index (χ3n) is 1.96. The van der Waals surface area contributed by atoms with Gasteiger partial charge in [-0.2, -0.15) is 0 Å². The third-order valence-corrected chi connectivity index (χ3v) is 1.96. The molecule has 0 spiro atoms. The maximum atomic E-state index is 10.7. The number of rotatable bonds is 1. The molecule has 1 aliphatic carbocycles. The monoisotopic (exact) mass is 245 g/mol. The highest BCUT2D eigenvalue weighted by atomic mass is 16.5. The number of amides is 1. The largest absolute Gasteiger partial charge is 0.290 e. The molecule has 18 heavy (non-hydrogen) atoms. The molecule has 2 N–H and O–H groups in total. The van der Waals surface area contributed by atoms with Gasteiger partial charge in [-0.3, -0.25) is 19.6 Å². The zero-order valence-electron chi connectivity index (χ0n) is 9.37. The second kappa shape index (κ2) is 6.93. The summed E-state index contributed by atoms with van der Waals surface area (Å²) < 4.78 is 0. The molecule has 0 heterocycles. The Hall–Kier alpha value is -2.53. The number of ketones is 2. The van der Waals surface area contributed by atoms with Gasteiger partial charge in [-0.05, 0) is 36.4 Å². The van der Waals surface area contributed by atoms with Crippen LogP contribution in [-0.4, -0.2) is 22.7 Å². The first-order valence-electron chi connectivity index (χ1n) is 5.07. The van der Waals surface area contributed by atoms with E-state index in [1.165, 1.54) is 24.3 Å². The molecule has 0 aliphatic heterocycles. The molecule has 0 fully saturated rings. The maximum Gasteiger partial charge on any atom is 0.274 e. The van der Waals surface area contributed by atoms with E-state index in [0.717, 1.165) is 0 Å². The maximum absolute atomic E-state index is 10.7. The van der Waals surface area contributed by atoms with Crippen LogP contribution in [0.2, 0.25) is 0 Å². The van der Waals surface area contributed by atoms with Crippen molar-refractivity contribution in [3.63, 3.8) is 0 Å². The van der Waals surface area contributed by atoms with Crippen LogP contribution in [-0.2, 0) is 9.59 Å². The van der Waals surface area contributed by atoms with E-state index in [4.69, 9.17) is 5.21 Å². The van der Waals surface area contributed by atoms with Crippen molar-refractivity contribution in [2.45, 2.75) is 0 Å². The molecule has 0 unspecified atom stereocenters. The summed E-state index contributed by atoms with van der Waals surface area (Å²) in [6.07, 6.45) is 5.01. The summed E-state index contributed by atoms with van der Waals surface area (Å²) in [7, 11) is 0. The molecule has 5 nitrogen and oxygen atoms in total. The standard InChI is InChI=1S/C7H7NO2.C6H4O2/c9-7(8-10)6-4-2-1-3-5-6;7-5-1-2-6(8)4-3-5/h1-5,10H,(H,8,9);1-4H. The van der Waals surface area contributed by atoms with Gasteiger partial charge in [-0.1, -0.05) is 18.2 Å². The summed E-state index contributed by atoms with van der Waals surface area (Å²) in [5.74, 6) is -0.727. The zero-order chi connectivity index (χ0) is 13.4. The summed E-state index contributed by atoms with van der Waals surface area (Å²) in [6, 6.07) is 8.49. The molecular formula is C13H11NO4. The lowest BCUT2D eigenvalue weighted by Crippen LogP contribution is -2.18. The molecule has 1 amide bonds. The summed E-state index contributed by atoms with van der Waals surface area (Å²) in [6.45, 7) is 0. The second-order valence-corrected chi connectivity index (χ2v) is 3.28. The van der Waals surface area contributed by atoms with Crippen LogP contribution in [0.3, 0.4) is 0 Å². The van der Waals surface area contributed by atoms with E-state index in [1.54, 1.807) is 35.8 Å². The number of carbonyl (C=O) groups excluding carboxylic acids is 3. The van der Waals surface area contributed by atoms with E-state index in [0.29, 0.717) is 5.56 Å². The highest BCUT2D eigenvalue weighted by molar-refractivity contribution is 6.14. The van der Waals surface area contributed by atoms with E-state index >= 15 is 0 Å². The molecule has 0 bridgehead atoms. The average molecular weight is 245 g/mol. The van der Waals surface area contributed by atoms with Gasteiger partial charge in [-0.15, -0.1) is 0 Å². The number of allylic oxidation sites excluding steroid dienone is 4. The van der Waals surface area contributed by atoms with Crippen molar-refractivity contribution in [2.24, 2.45) is 0 Å². The molecule has 0 radical (unpaired) electrons. The molecule has 0 saturated heterocycles. The van der Waals surface area contributed by atoms with Gasteiger partial charge < -0.3 is 0 Å². The SMILES string of the molecule is O=C(NO)c1ccccc1.O=C1C=CC(=O)C=C1. The Morgan fingerprint density at radius 3 is 1.72 bits per heavy atom. The molecule has 92 valence electrons. The van der Waals surface area contributed by atoms with Crippen molar-refractivity contribution in [1.82, 2.24) is 5.48 Å². The lowest BCUT2D eigenvalue weighted by molar-refractivity contribution is -0.113. The Morgan fingerprint density at radius 1 is 0.889 bits per heavy atom. The summed E-state index contributed by atoms with van der Waals surface area (Å²) in [5, 5.41) is 8.19. The van der Waals surface area contributed by atoms with Crippen LogP contribution < -0.4 is 5.48 Å². The predicted octanol–water partition coefficient (Wildman–Crippen LogP) is 1.06. The predicted molar refractivity (Wildman–Crippen MR) is 64.0 cm³/mol. The lowest BCUT2D eigenvalue weighted by atomic mass is 10.2. The fourth-order valence-electron chi connectivity index (χ4n) is 1.09. The van der Waals surface area contributed by atoms with Gasteiger partial charge in [0.15, 0.2) is 11.6 Å². The van der Waals surface area contributed by atoms with Gasteiger partial charge in [0, 0.05) is 5.56 Å². The Balaban J connectivity index is 0.000000184. The van der Waals surface area contributed by atoms with Crippen molar-refractivity contribution < 1.29 is 19.6 Å². The van der Waals surface area contributed by atoms with Crippen LogP contribution in [0.25, 0.3) is 0 Å². The van der Waals surface area contributed by atoms with E-state index in [-0.39, 0.29) is 11.6 Å². The molecule has 5 heteroatoms. The minimum absolute atomic E-state index is 0.121. The van der Waals surface area contributed by atoms with Crippen molar-refractivity contribution in [3.8, 4) is 0 Å². The molecule has 1 aromatic carbocycles. The summed E-state index contributed by atoms with van der Waals surface area (Å²) in [5.41, 5.74) is 1.99. The van der Waals surface area contributed by atoms with Crippen LogP contribution >= 0.6 is 0 Å². The molecule has 2 rings (SSSR count). The van der Waals surface area contributed by atoms with Crippen molar-refractivity contribution in [1.29, 1.82) is 0 Å². The summed E-state index contributed by atoms with van der Waals surface area (Å²) in [4.78, 5) is 31.2. The molecule has 0 atom stereocenters. The zero-order valence-corrected chi connectivity index (χ0v) is 9.37. The number of hydrogen-bond acceptors (Lipinski definition) is 4. The number of nitrogens with one attached hydrogen (secondary N) is 1. The van der Waals surface area contributed by atoms with E-state index in [1.807, 2.05) is 0 Å². The molecular weight excluding hydrogens is 234 g/mol. The molecule has 1 aromatic rings. The van der Waals surface area contributed by atoms with Crippen LogP contribution in [0.4, 0.5) is 0 Å². The molecule has 1 aliphatic rings. The number of carbonyl (C=O) groups is 3. The van der Waals surface area contributed by atoms with Crippen LogP contribution in [0.5, 0.6) is 0 Å². The Kier molecular flexibility index (Phi) is 5.21. The third kappa shape index (κ3) is 4.54. The Labute approximate surface area is 103 Å². The first-order valence-corrected chi connectivity index (χ1v) is 5.07. The number of benzene rings is 1. The first-order chi connectivity index (χ1) is 8.63. The van der Waals surface area contributed by atoms with Crippen LogP contribution in [0.1, 0.15) is 10.4 Å². The van der Waals surface area contributed by atoms with Gasteiger partial charge >= 0.3 is 0 Å². The van der Waals surface area contributed by atoms with Gasteiger partial charge in [0.1, 0.15) is 0 Å². The normalized spacial score (nSPS) is 12.7. The van der Waals surface area contributed by atoms with Gasteiger partial charge in [-0.25, -0.2) is 5.48 Å². The molecule has 0 saturated carbocycles. The smallest absolute Gasteiger partial charge is 0.274 e. The number of hydrogen-bond donors (Lipinski definition) is 2. The van der Waals surface area contributed by atoms with Crippen molar-refractivity contribution >= 4 is 17.5 Å². The highest BCUT2D eigenvalue weighted by Gasteiger charge is 1.99. The molecule has 0 aromatic heterocycles. The van der Waals surface area contributed by atoms with E-state index in [9.17, 15) is 14.4 Å². The number of hydroxylamine groups is 1. The second-order valence-electron chi connectivity index (χ2n) is 3.28. The fourth-order valence-corrected chi connectivity index (χ4v) is 1.09. The van der Waals surface area contributed by atoms with Gasteiger partial charge in [0.05, 0.1) is 0 Å². The minimum atomic E-state index is -0.486. The van der Waals surface area contributed by atoms with E-state index in [2.05, 4.69) is 0 Å². The Bertz CT molecular complexity index is 465. The quantitative estimate of drug-likeness (QED) is 0.440. The topological polar surface area (TPSA) is 83.5 Å². The lowest BCUT2D eigenvalue weighted by Gasteiger charge is -1.94. The van der Waals surface area contributed by atoms with Gasteiger partial charge in [0.25, 0.3) is 5.91 Å². The van der Waals surface area contributed by atoms with Crippen LogP contribution in [0, 0.1) is 0 Å². The van der Waals surface area contributed by atoms with E-state index < -0.39 is 5.91 Å². The van der Waals surface area contributed by atoms with Gasteiger partial charge in [0.2, 0.25) is 0 Å². The minimum Gasteiger partial charge on any atom is -0.290 e.